The molecular formula is C10H21NO. The van der Waals surface area contributed by atoms with Crippen LogP contribution in [0.25, 0.3) is 0 Å². The van der Waals surface area contributed by atoms with Crippen LogP contribution in [-0.2, 0) is 4.84 Å². The molecule has 0 bridgehead atoms. The van der Waals surface area contributed by atoms with Crippen LogP contribution in [0.2, 0.25) is 0 Å². The average molecular weight is 171 g/mol. The van der Waals surface area contributed by atoms with Crippen molar-refractivity contribution >= 4 is 0 Å². The lowest BCUT2D eigenvalue weighted by Gasteiger charge is -2.32. The van der Waals surface area contributed by atoms with Crippen LogP contribution in [0.1, 0.15) is 40.0 Å². The van der Waals surface area contributed by atoms with E-state index in [1.807, 2.05) is 6.92 Å². The molecule has 3 atom stereocenters. The van der Waals surface area contributed by atoms with Crippen LogP contribution in [0.4, 0.5) is 0 Å². The first-order valence-electron chi connectivity index (χ1n) is 5.11. The predicted molar refractivity (Wildman–Crippen MR) is 50.7 cm³/mol. The summed E-state index contributed by atoms with van der Waals surface area (Å²) < 4.78 is 0. The van der Waals surface area contributed by atoms with Gasteiger partial charge in [0.2, 0.25) is 0 Å². The van der Waals surface area contributed by atoms with Crippen molar-refractivity contribution in [3.05, 3.63) is 0 Å². The molecule has 0 aromatic rings. The Labute approximate surface area is 75.6 Å². The molecule has 12 heavy (non-hydrogen) atoms. The van der Waals surface area contributed by atoms with Crippen LogP contribution in [0, 0.1) is 11.8 Å². The van der Waals surface area contributed by atoms with E-state index in [0.29, 0.717) is 6.04 Å². The summed E-state index contributed by atoms with van der Waals surface area (Å²) in [6.45, 7) is 7.41. The highest BCUT2D eigenvalue weighted by molar-refractivity contribution is 4.78. The van der Waals surface area contributed by atoms with Crippen molar-refractivity contribution in [1.82, 2.24) is 5.48 Å². The number of hydrogen-bond acceptors (Lipinski definition) is 2. The predicted octanol–water partition coefficient (Wildman–Crippen LogP) is 2.35. The van der Waals surface area contributed by atoms with Crippen LogP contribution < -0.4 is 5.48 Å². The third-order valence-electron chi connectivity index (χ3n) is 2.84. The summed E-state index contributed by atoms with van der Waals surface area (Å²) in [7, 11) is 0. The largest absolute Gasteiger partial charge is 0.302 e. The van der Waals surface area contributed by atoms with E-state index in [2.05, 4.69) is 19.3 Å². The standard InChI is InChI=1S/C10H21NO/c1-4-12-11-10-7-8(2)5-6-9(10)3/h8-11H,4-7H2,1-3H3. The Morgan fingerprint density at radius 1 is 1.33 bits per heavy atom. The normalized spacial score (nSPS) is 36.8. The maximum absolute atomic E-state index is 5.24. The van der Waals surface area contributed by atoms with E-state index >= 15 is 0 Å². The van der Waals surface area contributed by atoms with Crippen molar-refractivity contribution in [1.29, 1.82) is 0 Å². The quantitative estimate of drug-likeness (QED) is 0.658. The van der Waals surface area contributed by atoms with Gasteiger partial charge < -0.3 is 4.84 Å². The summed E-state index contributed by atoms with van der Waals surface area (Å²) in [6.07, 6.45) is 3.98. The topological polar surface area (TPSA) is 21.3 Å². The van der Waals surface area contributed by atoms with Gasteiger partial charge in [0, 0.05) is 6.04 Å². The number of nitrogens with one attached hydrogen (secondary N) is 1. The van der Waals surface area contributed by atoms with Gasteiger partial charge in [0.1, 0.15) is 0 Å². The molecule has 0 saturated heterocycles. The average Bonchev–Trinajstić information content (AvgIpc) is 2.07. The number of hydrogen-bond donors (Lipinski definition) is 1. The summed E-state index contributed by atoms with van der Waals surface area (Å²) >= 11 is 0. The van der Waals surface area contributed by atoms with Crippen LogP contribution in [-0.4, -0.2) is 12.6 Å². The lowest BCUT2D eigenvalue weighted by atomic mass is 9.80. The summed E-state index contributed by atoms with van der Waals surface area (Å²) in [4.78, 5) is 5.24. The van der Waals surface area contributed by atoms with E-state index in [9.17, 15) is 0 Å². The number of hydroxylamine groups is 1. The minimum atomic E-state index is 0.577. The first-order chi connectivity index (χ1) is 5.74. The molecule has 2 nitrogen and oxygen atoms in total. The van der Waals surface area contributed by atoms with Crippen molar-refractivity contribution in [3.8, 4) is 0 Å². The molecule has 0 heterocycles. The molecule has 72 valence electrons. The molecule has 0 aromatic carbocycles. The van der Waals surface area contributed by atoms with Gasteiger partial charge >= 0.3 is 0 Å². The van der Waals surface area contributed by atoms with Gasteiger partial charge in [-0.3, -0.25) is 0 Å². The molecule has 0 aromatic heterocycles. The Hall–Kier alpha value is -0.0800. The van der Waals surface area contributed by atoms with Gasteiger partial charge in [0.05, 0.1) is 6.61 Å². The molecule has 0 radical (unpaired) electrons. The van der Waals surface area contributed by atoms with Gasteiger partial charge in [-0.25, -0.2) is 0 Å². The Kier molecular flexibility index (Phi) is 4.02. The van der Waals surface area contributed by atoms with E-state index in [4.69, 9.17) is 4.84 Å². The third-order valence-corrected chi connectivity index (χ3v) is 2.84. The fourth-order valence-electron chi connectivity index (χ4n) is 1.89. The van der Waals surface area contributed by atoms with E-state index in [1.165, 1.54) is 19.3 Å². The Bertz CT molecular complexity index is 127. The van der Waals surface area contributed by atoms with Crippen molar-refractivity contribution in [2.45, 2.75) is 46.1 Å². The summed E-state index contributed by atoms with van der Waals surface area (Å²) in [6, 6.07) is 0.577. The maximum Gasteiger partial charge on any atom is 0.0654 e. The molecular weight excluding hydrogens is 150 g/mol. The first-order valence-corrected chi connectivity index (χ1v) is 5.11. The second-order valence-electron chi connectivity index (χ2n) is 4.05. The SMILES string of the molecule is CCONC1CC(C)CCC1C. The molecule has 0 aliphatic heterocycles. The second kappa shape index (κ2) is 4.83. The maximum atomic E-state index is 5.24. The third kappa shape index (κ3) is 2.76. The van der Waals surface area contributed by atoms with Gasteiger partial charge in [0.25, 0.3) is 0 Å². The second-order valence-corrected chi connectivity index (χ2v) is 4.05. The van der Waals surface area contributed by atoms with Crippen LogP contribution in [0.15, 0.2) is 0 Å². The Morgan fingerprint density at radius 3 is 2.75 bits per heavy atom. The Morgan fingerprint density at radius 2 is 2.08 bits per heavy atom. The zero-order valence-corrected chi connectivity index (χ0v) is 8.47. The monoisotopic (exact) mass is 171 g/mol. The van der Waals surface area contributed by atoms with Crippen molar-refractivity contribution in [2.24, 2.45) is 11.8 Å². The highest BCUT2D eigenvalue weighted by atomic mass is 16.6. The molecule has 1 fully saturated rings. The van der Waals surface area contributed by atoms with Crippen molar-refractivity contribution in [2.75, 3.05) is 6.61 Å². The molecule has 3 unspecified atom stereocenters. The van der Waals surface area contributed by atoms with E-state index in [1.54, 1.807) is 0 Å². The molecule has 1 rings (SSSR count). The summed E-state index contributed by atoms with van der Waals surface area (Å²) in [5.41, 5.74) is 3.15. The summed E-state index contributed by atoms with van der Waals surface area (Å²) in [5, 5.41) is 0. The number of rotatable bonds is 3. The van der Waals surface area contributed by atoms with E-state index < -0.39 is 0 Å². The van der Waals surface area contributed by atoms with Gasteiger partial charge in [0.15, 0.2) is 0 Å². The molecule has 0 amide bonds. The molecule has 1 N–H and O–H groups in total. The van der Waals surface area contributed by atoms with E-state index in [-0.39, 0.29) is 0 Å². The molecule has 1 aliphatic rings. The lowest BCUT2D eigenvalue weighted by Crippen LogP contribution is -2.39. The zero-order chi connectivity index (χ0) is 8.97. The molecule has 0 spiro atoms. The van der Waals surface area contributed by atoms with Gasteiger partial charge in [-0.15, -0.1) is 0 Å². The molecule has 2 heteroatoms. The van der Waals surface area contributed by atoms with Crippen LogP contribution in [0.3, 0.4) is 0 Å². The van der Waals surface area contributed by atoms with E-state index in [0.717, 1.165) is 18.4 Å². The smallest absolute Gasteiger partial charge is 0.0654 e. The summed E-state index contributed by atoms with van der Waals surface area (Å²) in [5.74, 6) is 1.63. The van der Waals surface area contributed by atoms with Crippen molar-refractivity contribution < 1.29 is 4.84 Å². The first kappa shape index (κ1) is 10.0. The van der Waals surface area contributed by atoms with Crippen molar-refractivity contribution in [3.63, 3.8) is 0 Å². The fourth-order valence-corrected chi connectivity index (χ4v) is 1.89. The minimum Gasteiger partial charge on any atom is -0.302 e. The van der Waals surface area contributed by atoms with Gasteiger partial charge in [-0.2, -0.15) is 5.48 Å². The zero-order valence-electron chi connectivity index (χ0n) is 8.47. The highest BCUT2D eigenvalue weighted by Crippen LogP contribution is 2.28. The fraction of sp³-hybridized carbons (Fsp3) is 1.00. The van der Waals surface area contributed by atoms with Crippen LogP contribution >= 0.6 is 0 Å². The van der Waals surface area contributed by atoms with Gasteiger partial charge in [-0.05, 0) is 31.6 Å². The Balaban J connectivity index is 2.28. The lowest BCUT2D eigenvalue weighted by molar-refractivity contribution is -0.00560. The molecule has 1 saturated carbocycles. The molecule has 1 aliphatic carbocycles. The minimum absolute atomic E-state index is 0.577. The highest BCUT2D eigenvalue weighted by Gasteiger charge is 2.25. The van der Waals surface area contributed by atoms with Gasteiger partial charge in [-0.1, -0.05) is 20.3 Å². The van der Waals surface area contributed by atoms with Crippen LogP contribution in [0.5, 0.6) is 0 Å².